The lowest BCUT2D eigenvalue weighted by Crippen LogP contribution is -2.39. The molecule has 1 amide bonds. The number of amides is 1. The standard InChI is InChI=1S/C17H15BrN4O4/c1-21(16(24)11-7-8-12(18)26-11)13-14(19)22(17(25)20-15(13)23)9-10-5-3-2-4-6-10/h2-8H,9,19H2,1H3,(H,20,23,25). The summed E-state index contributed by atoms with van der Waals surface area (Å²) in [4.78, 5) is 40.2. The van der Waals surface area contributed by atoms with Crippen molar-refractivity contribution >= 4 is 33.3 Å². The van der Waals surface area contributed by atoms with Crippen molar-refractivity contribution in [1.82, 2.24) is 9.55 Å². The number of H-pyrrole nitrogens is 1. The first-order valence-corrected chi connectivity index (χ1v) is 8.37. The highest BCUT2D eigenvalue weighted by atomic mass is 79.9. The summed E-state index contributed by atoms with van der Waals surface area (Å²) < 4.78 is 6.80. The van der Waals surface area contributed by atoms with Crippen LogP contribution in [0.3, 0.4) is 0 Å². The maximum Gasteiger partial charge on any atom is 0.330 e. The van der Waals surface area contributed by atoms with E-state index in [9.17, 15) is 14.4 Å². The van der Waals surface area contributed by atoms with Gasteiger partial charge in [0, 0.05) is 7.05 Å². The summed E-state index contributed by atoms with van der Waals surface area (Å²) in [6.07, 6.45) is 0. The third-order valence-electron chi connectivity index (χ3n) is 3.82. The van der Waals surface area contributed by atoms with Crippen molar-refractivity contribution in [3.63, 3.8) is 0 Å². The van der Waals surface area contributed by atoms with Gasteiger partial charge in [-0.3, -0.25) is 19.1 Å². The fourth-order valence-corrected chi connectivity index (χ4v) is 2.83. The quantitative estimate of drug-likeness (QED) is 0.670. The Hall–Kier alpha value is -3.07. The number of furan rings is 1. The molecule has 0 saturated carbocycles. The van der Waals surface area contributed by atoms with Crippen molar-refractivity contribution in [3.05, 3.63) is 79.3 Å². The van der Waals surface area contributed by atoms with Gasteiger partial charge < -0.3 is 15.1 Å². The Morgan fingerprint density at radius 3 is 2.54 bits per heavy atom. The van der Waals surface area contributed by atoms with Crippen LogP contribution < -0.4 is 21.9 Å². The number of carbonyl (C=O) groups is 1. The Bertz CT molecular complexity index is 1070. The van der Waals surface area contributed by atoms with E-state index in [2.05, 4.69) is 20.9 Å². The summed E-state index contributed by atoms with van der Waals surface area (Å²) in [6.45, 7) is 0.156. The van der Waals surface area contributed by atoms with Crippen LogP contribution in [0.5, 0.6) is 0 Å². The predicted octanol–water partition coefficient (Wildman–Crippen LogP) is 1.80. The van der Waals surface area contributed by atoms with Gasteiger partial charge in [0.05, 0.1) is 6.54 Å². The second kappa shape index (κ2) is 7.04. The number of aromatic amines is 1. The molecule has 3 rings (SSSR count). The second-order valence-electron chi connectivity index (χ2n) is 5.53. The molecule has 9 heteroatoms. The molecule has 0 saturated heterocycles. The topological polar surface area (TPSA) is 114 Å². The van der Waals surface area contributed by atoms with Crippen molar-refractivity contribution in [2.75, 3.05) is 17.7 Å². The zero-order valence-corrected chi connectivity index (χ0v) is 15.3. The van der Waals surface area contributed by atoms with Gasteiger partial charge in [0.25, 0.3) is 11.5 Å². The molecule has 0 unspecified atom stereocenters. The maximum atomic E-state index is 12.5. The van der Waals surface area contributed by atoms with Crippen LogP contribution in [0.4, 0.5) is 11.5 Å². The zero-order valence-electron chi connectivity index (χ0n) is 13.7. The minimum Gasteiger partial charge on any atom is -0.444 e. The minimum absolute atomic E-state index is 0.0268. The number of nitrogen functional groups attached to an aromatic ring is 1. The third-order valence-corrected chi connectivity index (χ3v) is 4.25. The lowest BCUT2D eigenvalue weighted by atomic mass is 10.2. The molecule has 0 aliphatic heterocycles. The summed E-state index contributed by atoms with van der Waals surface area (Å²) in [5.41, 5.74) is 5.36. The van der Waals surface area contributed by atoms with Crippen molar-refractivity contribution in [2.45, 2.75) is 6.54 Å². The van der Waals surface area contributed by atoms with Gasteiger partial charge >= 0.3 is 5.69 Å². The van der Waals surface area contributed by atoms with E-state index in [1.54, 1.807) is 6.07 Å². The van der Waals surface area contributed by atoms with Crippen LogP contribution in [-0.2, 0) is 6.54 Å². The molecule has 2 heterocycles. The van der Waals surface area contributed by atoms with Crippen LogP contribution in [0.2, 0.25) is 0 Å². The molecule has 8 nitrogen and oxygen atoms in total. The summed E-state index contributed by atoms with van der Waals surface area (Å²) in [5, 5.41) is 0. The number of benzene rings is 1. The Morgan fingerprint density at radius 2 is 1.92 bits per heavy atom. The first kappa shape index (κ1) is 17.7. The van der Waals surface area contributed by atoms with Crippen molar-refractivity contribution < 1.29 is 9.21 Å². The molecule has 1 aromatic carbocycles. The monoisotopic (exact) mass is 418 g/mol. The van der Waals surface area contributed by atoms with Gasteiger partial charge in [-0.25, -0.2) is 4.79 Å². The molecule has 0 fully saturated rings. The molecule has 2 aromatic heterocycles. The maximum absolute atomic E-state index is 12.5. The Morgan fingerprint density at radius 1 is 1.23 bits per heavy atom. The van der Waals surface area contributed by atoms with Crippen LogP contribution in [0, 0.1) is 0 Å². The minimum atomic E-state index is -0.752. The highest BCUT2D eigenvalue weighted by molar-refractivity contribution is 9.10. The number of nitrogens with zero attached hydrogens (tertiary/aromatic N) is 2. The molecular formula is C17H15BrN4O4. The van der Waals surface area contributed by atoms with E-state index in [-0.39, 0.29) is 23.8 Å². The van der Waals surface area contributed by atoms with Gasteiger partial charge in [-0.15, -0.1) is 0 Å². The number of anilines is 2. The van der Waals surface area contributed by atoms with Crippen LogP contribution in [0.15, 0.2) is 61.1 Å². The van der Waals surface area contributed by atoms with Crippen LogP contribution in [-0.4, -0.2) is 22.5 Å². The number of hydrogen-bond acceptors (Lipinski definition) is 5. The van der Waals surface area contributed by atoms with Crippen molar-refractivity contribution in [2.24, 2.45) is 0 Å². The van der Waals surface area contributed by atoms with Crippen molar-refractivity contribution in [1.29, 1.82) is 0 Å². The first-order valence-electron chi connectivity index (χ1n) is 7.58. The number of nitrogens with one attached hydrogen (secondary N) is 1. The van der Waals surface area contributed by atoms with E-state index in [4.69, 9.17) is 10.2 Å². The smallest absolute Gasteiger partial charge is 0.330 e. The van der Waals surface area contributed by atoms with Gasteiger partial charge in [0.1, 0.15) is 5.82 Å². The molecular weight excluding hydrogens is 404 g/mol. The fraction of sp³-hybridized carbons (Fsp3) is 0.118. The number of rotatable bonds is 4. The predicted molar refractivity (Wildman–Crippen MR) is 100 cm³/mol. The molecule has 0 aliphatic carbocycles. The Balaban J connectivity index is 2.04. The van der Waals surface area contributed by atoms with E-state index in [1.807, 2.05) is 30.3 Å². The van der Waals surface area contributed by atoms with Gasteiger partial charge in [-0.2, -0.15) is 0 Å². The molecule has 0 radical (unpaired) electrons. The molecule has 0 atom stereocenters. The van der Waals surface area contributed by atoms with Crippen LogP contribution in [0.1, 0.15) is 16.1 Å². The Labute approximate surface area is 156 Å². The molecule has 3 N–H and O–H groups in total. The summed E-state index contributed by atoms with van der Waals surface area (Å²) >= 11 is 3.12. The number of halogens is 1. The fourth-order valence-electron chi connectivity index (χ4n) is 2.52. The normalized spacial score (nSPS) is 10.7. The summed E-state index contributed by atoms with van der Waals surface area (Å²) in [6, 6.07) is 12.2. The largest absolute Gasteiger partial charge is 0.444 e. The zero-order chi connectivity index (χ0) is 18.8. The number of hydrogen-bond donors (Lipinski definition) is 2. The first-order chi connectivity index (χ1) is 12.4. The van der Waals surface area contributed by atoms with E-state index in [1.165, 1.54) is 17.7 Å². The average Bonchev–Trinajstić information content (AvgIpc) is 3.05. The molecule has 3 aromatic rings. The number of carbonyl (C=O) groups excluding carboxylic acids is 1. The van der Waals surface area contributed by atoms with Gasteiger partial charge in [-0.05, 0) is 33.6 Å². The lowest BCUT2D eigenvalue weighted by Gasteiger charge is -2.19. The highest BCUT2D eigenvalue weighted by Crippen LogP contribution is 2.21. The lowest BCUT2D eigenvalue weighted by molar-refractivity contribution is 0.0965. The highest BCUT2D eigenvalue weighted by Gasteiger charge is 2.24. The second-order valence-corrected chi connectivity index (χ2v) is 6.31. The Kier molecular flexibility index (Phi) is 4.81. The third kappa shape index (κ3) is 3.33. The number of nitrogens with two attached hydrogens (primary N) is 1. The number of aromatic nitrogens is 2. The molecule has 0 bridgehead atoms. The van der Waals surface area contributed by atoms with E-state index < -0.39 is 17.2 Å². The van der Waals surface area contributed by atoms with Gasteiger partial charge in [0.15, 0.2) is 16.1 Å². The van der Waals surface area contributed by atoms with Gasteiger partial charge in [0.2, 0.25) is 0 Å². The van der Waals surface area contributed by atoms with Crippen molar-refractivity contribution in [3.8, 4) is 0 Å². The summed E-state index contributed by atoms with van der Waals surface area (Å²) in [5.74, 6) is -0.652. The molecule has 0 aliphatic rings. The van der Waals surface area contributed by atoms with E-state index >= 15 is 0 Å². The van der Waals surface area contributed by atoms with E-state index in [0.29, 0.717) is 4.67 Å². The van der Waals surface area contributed by atoms with Gasteiger partial charge in [-0.1, -0.05) is 30.3 Å². The molecule has 0 spiro atoms. The summed E-state index contributed by atoms with van der Waals surface area (Å²) in [7, 11) is 1.39. The van der Waals surface area contributed by atoms with Crippen LogP contribution in [0.25, 0.3) is 0 Å². The molecule has 26 heavy (non-hydrogen) atoms. The van der Waals surface area contributed by atoms with E-state index in [0.717, 1.165) is 10.5 Å². The average molecular weight is 419 g/mol. The molecule has 134 valence electrons. The van der Waals surface area contributed by atoms with Crippen LogP contribution >= 0.6 is 15.9 Å². The SMILES string of the molecule is CN(C(=O)c1ccc(Br)o1)c1c(N)n(Cc2ccccc2)c(=O)[nH]c1=O.